The third-order valence-corrected chi connectivity index (χ3v) is 15.6. The molecule has 3 amide bonds. The summed E-state index contributed by atoms with van der Waals surface area (Å²) in [6, 6.07) is -2.25. The van der Waals surface area contributed by atoms with Crippen LogP contribution in [-0.4, -0.2) is 90.6 Å². The fraction of sp³-hybridized carbons (Fsp3) is 0.775. The Labute approximate surface area is 329 Å². The van der Waals surface area contributed by atoms with Gasteiger partial charge in [0.1, 0.15) is 22.7 Å². The summed E-state index contributed by atoms with van der Waals surface area (Å²) in [5.41, 5.74) is -0.512. The van der Waals surface area contributed by atoms with Gasteiger partial charge >= 0.3 is 12.1 Å². The molecule has 2 heterocycles. The Bertz CT molecular complexity index is 1430. The Morgan fingerprint density at radius 1 is 1.11 bits per heavy atom. The Morgan fingerprint density at radius 3 is 2.33 bits per heavy atom. The van der Waals surface area contributed by atoms with Crippen molar-refractivity contribution in [2.45, 2.75) is 169 Å². The van der Waals surface area contributed by atoms with E-state index in [0.717, 1.165) is 12.8 Å². The normalized spacial score (nSPS) is 17.6. The lowest BCUT2D eigenvalue weighted by Crippen LogP contribution is -2.60. The number of nitrogens with zero attached hydrogens (tertiary/aromatic N) is 3. The second-order valence-electron chi connectivity index (χ2n) is 17.1. The summed E-state index contributed by atoms with van der Waals surface area (Å²) in [5.74, 6) is 0.945. The highest BCUT2D eigenvalue weighted by atomic mass is 32.1. The van der Waals surface area contributed by atoms with Crippen LogP contribution in [0.1, 0.15) is 143 Å². The van der Waals surface area contributed by atoms with E-state index >= 15 is 0 Å². The van der Waals surface area contributed by atoms with Crippen molar-refractivity contribution in [3.63, 3.8) is 0 Å². The topological polar surface area (TPSA) is 137 Å². The van der Waals surface area contributed by atoms with Gasteiger partial charge in [-0.2, -0.15) is 0 Å². The van der Waals surface area contributed by atoms with E-state index in [-0.39, 0.29) is 35.8 Å². The second kappa shape index (κ2) is 20.8. The van der Waals surface area contributed by atoms with Crippen LogP contribution in [0.3, 0.4) is 0 Å². The number of ether oxygens (including phenoxy) is 2. The highest BCUT2D eigenvalue weighted by Gasteiger charge is 2.44. The molecule has 0 aliphatic carbocycles. The lowest BCUT2D eigenvalue weighted by Gasteiger charge is -2.42. The average molecular weight is 793 g/mol. The van der Waals surface area contributed by atoms with Crippen LogP contribution in [0, 0.1) is 24.2 Å². The molecule has 54 heavy (non-hydrogen) atoms. The number of likely N-dealkylation sites (tertiary alicyclic amines) is 1. The minimum atomic E-state index is -2.42. The van der Waals surface area contributed by atoms with Gasteiger partial charge in [0.25, 0.3) is 5.91 Å². The molecular weight excluding hydrogens is 725 g/mol. The summed E-state index contributed by atoms with van der Waals surface area (Å²) >= 11 is 1.33. The maximum atomic E-state index is 14.9. The number of thiazole rings is 1. The Kier molecular flexibility index (Phi) is 18.2. The molecule has 1 aromatic heterocycles. The molecule has 5 atom stereocenters. The average Bonchev–Trinajstić information content (AvgIpc) is 3.58. The first-order valence-electron chi connectivity index (χ1n) is 19.6. The van der Waals surface area contributed by atoms with Gasteiger partial charge in [0.15, 0.2) is 14.0 Å². The Morgan fingerprint density at radius 2 is 1.78 bits per heavy atom. The summed E-state index contributed by atoms with van der Waals surface area (Å²) in [6.45, 7) is 26.6. The number of aromatic nitrogens is 1. The van der Waals surface area contributed by atoms with E-state index in [2.05, 4.69) is 50.1 Å². The zero-order chi connectivity index (χ0) is 41.0. The van der Waals surface area contributed by atoms with Crippen LogP contribution in [0.25, 0.3) is 0 Å². The zero-order valence-corrected chi connectivity index (χ0v) is 37.0. The van der Waals surface area contributed by atoms with Crippen LogP contribution in [0.4, 0.5) is 4.79 Å². The fourth-order valence-electron chi connectivity index (χ4n) is 5.80. The van der Waals surface area contributed by atoms with Crippen molar-refractivity contribution in [1.82, 2.24) is 20.3 Å². The van der Waals surface area contributed by atoms with Crippen molar-refractivity contribution in [3.8, 4) is 12.3 Å². The molecule has 1 fully saturated rings. The second-order valence-corrected chi connectivity index (χ2v) is 22.7. The van der Waals surface area contributed by atoms with Gasteiger partial charge in [-0.05, 0) is 83.3 Å². The number of hydroxylamine groups is 2. The number of esters is 1. The quantitative estimate of drug-likeness (QED) is 0.0512. The van der Waals surface area contributed by atoms with E-state index < -0.39 is 62.0 Å². The van der Waals surface area contributed by atoms with E-state index in [1.54, 1.807) is 33.1 Å². The van der Waals surface area contributed by atoms with Gasteiger partial charge in [-0.25, -0.2) is 19.6 Å². The van der Waals surface area contributed by atoms with Gasteiger partial charge in [-0.15, -0.1) is 23.7 Å². The van der Waals surface area contributed by atoms with Gasteiger partial charge in [-0.1, -0.05) is 54.9 Å². The highest BCUT2D eigenvalue weighted by Crippen LogP contribution is 2.42. The number of hydrogen-bond donors (Lipinski definition) is 1. The van der Waals surface area contributed by atoms with Crippen LogP contribution in [0.5, 0.6) is 0 Å². The summed E-state index contributed by atoms with van der Waals surface area (Å²) in [5, 5.41) is 6.63. The van der Waals surface area contributed by atoms with Gasteiger partial charge < -0.3 is 19.2 Å². The summed E-state index contributed by atoms with van der Waals surface area (Å²) in [7, 11) is -2.42. The lowest BCUT2D eigenvalue weighted by molar-refractivity contribution is -0.212. The van der Waals surface area contributed by atoms with Crippen molar-refractivity contribution in [3.05, 3.63) is 16.1 Å². The molecule has 0 aromatic carbocycles. The van der Waals surface area contributed by atoms with Gasteiger partial charge in [0.05, 0.1) is 25.4 Å². The van der Waals surface area contributed by atoms with E-state index in [1.807, 2.05) is 27.7 Å². The number of carbonyl (C=O) groups is 4. The largest absolute Gasteiger partial charge is 0.461 e. The van der Waals surface area contributed by atoms with E-state index in [9.17, 15) is 19.2 Å². The van der Waals surface area contributed by atoms with Crippen molar-refractivity contribution in [1.29, 1.82) is 0 Å². The summed E-state index contributed by atoms with van der Waals surface area (Å²) < 4.78 is 17.9. The predicted octanol–water partition coefficient (Wildman–Crippen LogP) is 8.29. The molecular formula is C40H68N4O8SSi. The van der Waals surface area contributed by atoms with E-state index in [0.29, 0.717) is 43.7 Å². The standard InChI is InChI=1S/C40H68N4O8SSi/c1-15-18-21-24-50-44(36(46)33(28(6)16-2)42-34(45)30-22-19-20-23-43(30)38(48)51-39(7,8)9)31(27(4)5)25-32(52-54(13,14)40(10,11)12)35-41-29(26-53-35)37(47)49-17-3/h1,26-28,30-33H,16-25H2,2-14H3,(H,42,45)/t28-,30+,31+,32+,33-/m0/s1. The summed E-state index contributed by atoms with van der Waals surface area (Å²) in [4.78, 5) is 67.4. The number of rotatable bonds is 18. The minimum absolute atomic E-state index is 0.120. The molecule has 0 bridgehead atoms. The minimum Gasteiger partial charge on any atom is -0.461 e. The molecule has 1 aliphatic heterocycles. The Balaban J connectivity index is 2.60. The van der Waals surface area contributed by atoms with Crippen LogP contribution in [0.2, 0.25) is 18.1 Å². The van der Waals surface area contributed by atoms with Crippen LogP contribution in [-0.2, 0) is 28.3 Å². The SMILES string of the molecule is C#CCCCON(C(=O)[C@@H](NC(=O)[C@H]1CCCCN1C(=O)OC(C)(C)C)[C@@H](C)CC)[C@H](C[C@@H](O[Si](C)(C)C(C)(C)C)c1nc(C(=O)OCC)cs1)C(C)C. The first kappa shape index (κ1) is 47.2. The number of unbranched alkanes of at least 4 members (excludes halogenated alkanes) is 1. The third kappa shape index (κ3) is 13.6. The highest BCUT2D eigenvalue weighted by molar-refractivity contribution is 7.09. The number of nitrogens with one attached hydrogen (secondary N) is 1. The van der Waals surface area contributed by atoms with E-state index in [4.69, 9.17) is 25.2 Å². The lowest BCUT2D eigenvalue weighted by atomic mass is 9.93. The van der Waals surface area contributed by atoms with Crippen LogP contribution in [0.15, 0.2) is 5.38 Å². The molecule has 0 radical (unpaired) electrons. The molecule has 1 N–H and O–H groups in total. The van der Waals surface area contributed by atoms with Crippen molar-refractivity contribution in [2.24, 2.45) is 11.8 Å². The van der Waals surface area contributed by atoms with Gasteiger partial charge in [0.2, 0.25) is 5.91 Å². The third-order valence-electron chi connectivity index (χ3n) is 10.2. The molecule has 0 unspecified atom stereocenters. The number of amides is 3. The van der Waals surface area contributed by atoms with Crippen LogP contribution >= 0.6 is 11.3 Å². The maximum Gasteiger partial charge on any atom is 0.410 e. The molecule has 12 nitrogen and oxygen atoms in total. The van der Waals surface area contributed by atoms with Crippen LogP contribution < -0.4 is 5.32 Å². The monoisotopic (exact) mass is 792 g/mol. The number of piperidine rings is 1. The van der Waals surface area contributed by atoms with Crippen molar-refractivity contribution in [2.75, 3.05) is 19.8 Å². The predicted molar refractivity (Wildman–Crippen MR) is 215 cm³/mol. The van der Waals surface area contributed by atoms with E-state index in [1.165, 1.54) is 21.3 Å². The first-order valence-corrected chi connectivity index (χ1v) is 23.4. The smallest absolute Gasteiger partial charge is 0.410 e. The molecule has 0 spiro atoms. The molecule has 1 saturated heterocycles. The number of hydrogen-bond acceptors (Lipinski definition) is 10. The van der Waals surface area contributed by atoms with Crippen molar-refractivity contribution < 1.29 is 37.9 Å². The van der Waals surface area contributed by atoms with Gasteiger partial charge in [-0.3, -0.25) is 19.3 Å². The molecule has 2 rings (SSSR count). The molecule has 1 aliphatic rings. The first-order chi connectivity index (χ1) is 25.1. The zero-order valence-electron chi connectivity index (χ0n) is 35.2. The number of terminal acetylenes is 1. The fourth-order valence-corrected chi connectivity index (χ4v) is 7.98. The number of carbonyl (C=O) groups excluding carboxylic acids is 4. The molecule has 14 heteroatoms. The van der Waals surface area contributed by atoms with Gasteiger partial charge in [0, 0.05) is 24.8 Å². The summed E-state index contributed by atoms with van der Waals surface area (Å²) in [6.07, 6.45) is 8.32. The van der Waals surface area contributed by atoms with Crippen molar-refractivity contribution >= 4 is 43.5 Å². The molecule has 0 saturated carbocycles. The Hall–Kier alpha value is -2.99. The molecule has 306 valence electrons. The molecule has 1 aromatic rings. The maximum absolute atomic E-state index is 14.9.